The van der Waals surface area contributed by atoms with Crippen LogP contribution in [0.3, 0.4) is 0 Å². The molecule has 0 aliphatic rings. The lowest BCUT2D eigenvalue weighted by atomic mass is 10.1. The number of hydrogen-bond donors (Lipinski definition) is 3. The molecule has 0 radical (unpaired) electrons. The molecule has 0 aliphatic heterocycles. The predicted octanol–water partition coefficient (Wildman–Crippen LogP) is 3.17. The van der Waals surface area contributed by atoms with E-state index >= 15 is 0 Å². The van der Waals surface area contributed by atoms with E-state index in [1.54, 1.807) is 18.4 Å². The number of amides is 1. The lowest BCUT2D eigenvalue weighted by Crippen LogP contribution is -2.38. The van der Waals surface area contributed by atoms with Gasteiger partial charge < -0.3 is 16.0 Å². The maximum absolute atomic E-state index is 11.7. The number of hydrogen-bond acceptors (Lipinski definition) is 3. The number of guanidine groups is 1. The Kier molecular flexibility index (Phi) is 7.94. The molecule has 1 aromatic heterocycles. The van der Waals surface area contributed by atoms with Gasteiger partial charge in [-0.15, -0.1) is 11.3 Å². The van der Waals surface area contributed by atoms with E-state index in [4.69, 9.17) is 0 Å². The Hall–Kier alpha value is -1.86. The van der Waals surface area contributed by atoms with E-state index in [9.17, 15) is 4.79 Å². The fraction of sp³-hybridized carbons (Fsp3) is 0.333. The van der Waals surface area contributed by atoms with Crippen molar-refractivity contribution in [2.45, 2.75) is 19.9 Å². The fourth-order valence-corrected chi connectivity index (χ4v) is 3.68. The van der Waals surface area contributed by atoms with Crippen LogP contribution >= 0.6 is 27.3 Å². The van der Waals surface area contributed by atoms with Gasteiger partial charge in [0, 0.05) is 30.6 Å². The molecule has 0 bridgehead atoms. The Morgan fingerprint density at radius 1 is 1.24 bits per heavy atom. The highest BCUT2D eigenvalue weighted by Gasteiger charge is 2.04. The lowest BCUT2D eigenvalue weighted by molar-refractivity contribution is 0.0963. The van der Waals surface area contributed by atoms with Gasteiger partial charge in [0.15, 0.2) is 5.96 Å². The standard InChI is InChI=1S/C18H23BrN4OS/c1-3-21-18(23-12-15-7-8-16(19)25-15)22-10-9-13-5-4-6-14(11-13)17(24)20-2/h4-8,11H,3,9-10,12H2,1-2H3,(H,20,24)(H2,21,22,23). The minimum atomic E-state index is -0.0631. The molecule has 134 valence electrons. The lowest BCUT2D eigenvalue weighted by Gasteiger charge is -2.11. The summed E-state index contributed by atoms with van der Waals surface area (Å²) in [6, 6.07) is 11.8. The van der Waals surface area contributed by atoms with Crippen LogP contribution in [-0.4, -0.2) is 32.0 Å². The molecule has 2 rings (SSSR count). The van der Waals surface area contributed by atoms with Crippen molar-refractivity contribution in [3.63, 3.8) is 0 Å². The molecular weight excluding hydrogens is 400 g/mol. The van der Waals surface area contributed by atoms with Gasteiger partial charge in [-0.2, -0.15) is 0 Å². The Labute approximate surface area is 161 Å². The van der Waals surface area contributed by atoms with E-state index in [0.717, 1.165) is 34.8 Å². The average molecular weight is 423 g/mol. The average Bonchev–Trinajstić information content (AvgIpc) is 3.04. The highest BCUT2D eigenvalue weighted by Crippen LogP contribution is 2.22. The summed E-state index contributed by atoms with van der Waals surface area (Å²) in [7, 11) is 1.64. The van der Waals surface area contributed by atoms with E-state index in [2.05, 4.69) is 42.9 Å². The van der Waals surface area contributed by atoms with Crippen LogP contribution in [0.2, 0.25) is 0 Å². The van der Waals surface area contributed by atoms with Crippen LogP contribution in [0.15, 0.2) is 45.2 Å². The molecule has 1 aromatic carbocycles. The van der Waals surface area contributed by atoms with Gasteiger partial charge in [0.1, 0.15) is 0 Å². The molecule has 7 heteroatoms. The van der Waals surface area contributed by atoms with Crippen LogP contribution in [-0.2, 0) is 13.0 Å². The monoisotopic (exact) mass is 422 g/mol. The van der Waals surface area contributed by atoms with Crippen molar-refractivity contribution >= 4 is 39.1 Å². The molecule has 0 fully saturated rings. The third-order valence-electron chi connectivity index (χ3n) is 3.49. The minimum absolute atomic E-state index is 0.0631. The zero-order valence-electron chi connectivity index (χ0n) is 14.4. The molecule has 5 nitrogen and oxygen atoms in total. The predicted molar refractivity (Wildman–Crippen MR) is 108 cm³/mol. The highest BCUT2D eigenvalue weighted by molar-refractivity contribution is 9.11. The van der Waals surface area contributed by atoms with Gasteiger partial charge in [0.2, 0.25) is 0 Å². The summed E-state index contributed by atoms with van der Waals surface area (Å²) in [4.78, 5) is 17.5. The van der Waals surface area contributed by atoms with E-state index in [1.165, 1.54) is 4.88 Å². The second kappa shape index (κ2) is 10.2. The van der Waals surface area contributed by atoms with Gasteiger partial charge >= 0.3 is 0 Å². The first-order valence-electron chi connectivity index (χ1n) is 8.19. The van der Waals surface area contributed by atoms with E-state index in [-0.39, 0.29) is 5.91 Å². The molecule has 1 heterocycles. The molecule has 25 heavy (non-hydrogen) atoms. The van der Waals surface area contributed by atoms with Crippen molar-refractivity contribution in [2.75, 3.05) is 20.1 Å². The molecule has 0 unspecified atom stereocenters. The van der Waals surface area contributed by atoms with E-state index < -0.39 is 0 Å². The summed E-state index contributed by atoms with van der Waals surface area (Å²) in [5.41, 5.74) is 1.80. The van der Waals surface area contributed by atoms with Crippen molar-refractivity contribution < 1.29 is 4.79 Å². The molecule has 0 aliphatic carbocycles. The molecule has 0 saturated carbocycles. The van der Waals surface area contributed by atoms with Crippen molar-refractivity contribution in [3.8, 4) is 0 Å². The first-order valence-corrected chi connectivity index (χ1v) is 9.80. The van der Waals surface area contributed by atoms with Gasteiger partial charge in [0.25, 0.3) is 5.91 Å². The van der Waals surface area contributed by atoms with Crippen molar-refractivity contribution in [1.29, 1.82) is 0 Å². The summed E-state index contributed by atoms with van der Waals surface area (Å²) < 4.78 is 1.12. The number of carbonyl (C=O) groups excluding carboxylic acids is 1. The van der Waals surface area contributed by atoms with Crippen LogP contribution in [0.5, 0.6) is 0 Å². The second-order valence-electron chi connectivity index (χ2n) is 5.36. The molecule has 0 saturated heterocycles. The molecule has 2 aromatic rings. The van der Waals surface area contributed by atoms with Gasteiger partial charge in [-0.1, -0.05) is 12.1 Å². The second-order valence-corrected chi connectivity index (χ2v) is 7.90. The number of aliphatic imine (C=N–C) groups is 1. The van der Waals surface area contributed by atoms with Gasteiger partial charge in [0.05, 0.1) is 10.3 Å². The smallest absolute Gasteiger partial charge is 0.251 e. The highest BCUT2D eigenvalue weighted by atomic mass is 79.9. The maximum atomic E-state index is 11.7. The minimum Gasteiger partial charge on any atom is -0.357 e. The van der Waals surface area contributed by atoms with E-state index in [1.807, 2.05) is 37.3 Å². The Morgan fingerprint density at radius 3 is 2.76 bits per heavy atom. The molecular formula is C18H23BrN4OS. The molecule has 1 amide bonds. The van der Waals surface area contributed by atoms with Crippen molar-refractivity contribution in [2.24, 2.45) is 4.99 Å². The summed E-state index contributed by atoms with van der Waals surface area (Å²) >= 11 is 5.16. The normalized spacial score (nSPS) is 11.2. The molecule has 3 N–H and O–H groups in total. The fourth-order valence-electron chi connectivity index (χ4n) is 2.27. The van der Waals surface area contributed by atoms with Crippen molar-refractivity contribution in [3.05, 3.63) is 56.2 Å². The summed E-state index contributed by atoms with van der Waals surface area (Å²) in [5.74, 6) is 0.737. The zero-order valence-corrected chi connectivity index (χ0v) is 16.8. The number of thiophene rings is 1. The molecule has 0 spiro atoms. The topological polar surface area (TPSA) is 65.5 Å². The third kappa shape index (κ3) is 6.51. The summed E-state index contributed by atoms with van der Waals surface area (Å²) in [6.07, 6.45) is 0.819. The van der Waals surface area contributed by atoms with Crippen LogP contribution in [0, 0.1) is 0 Å². The number of rotatable bonds is 7. The number of benzene rings is 1. The van der Waals surface area contributed by atoms with Gasteiger partial charge in [-0.25, -0.2) is 4.99 Å². The van der Waals surface area contributed by atoms with E-state index in [0.29, 0.717) is 12.1 Å². The van der Waals surface area contributed by atoms with Crippen LogP contribution in [0.25, 0.3) is 0 Å². The third-order valence-corrected chi connectivity index (χ3v) is 5.10. The number of halogens is 1. The first-order chi connectivity index (χ1) is 12.1. The Bertz CT molecular complexity index is 729. The number of carbonyl (C=O) groups is 1. The van der Waals surface area contributed by atoms with Gasteiger partial charge in [-0.3, -0.25) is 4.79 Å². The Balaban J connectivity index is 1.89. The zero-order chi connectivity index (χ0) is 18.1. The largest absolute Gasteiger partial charge is 0.357 e. The van der Waals surface area contributed by atoms with Crippen LogP contribution in [0.1, 0.15) is 27.7 Å². The first kappa shape index (κ1) is 19.5. The summed E-state index contributed by atoms with van der Waals surface area (Å²) in [6.45, 7) is 4.26. The van der Waals surface area contributed by atoms with Crippen molar-refractivity contribution in [1.82, 2.24) is 16.0 Å². The molecule has 0 atom stereocenters. The SMILES string of the molecule is CCNC(=NCc1ccc(Br)s1)NCCc1cccc(C(=O)NC)c1. The Morgan fingerprint density at radius 2 is 2.08 bits per heavy atom. The van der Waals surface area contributed by atoms with Gasteiger partial charge in [-0.05, 0) is 59.1 Å². The number of nitrogens with one attached hydrogen (secondary N) is 3. The van der Waals surface area contributed by atoms with Crippen LogP contribution < -0.4 is 16.0 Å². The number of nitrogens with zero attached hydrogens (tertiary/aromatic N) is 1. The quantitative estimate of drug-likeness (QED) is 0.474. The van der Waals surface area contributed by atoms with Crippen LogP contribution in [0.4, 0.5) is 0 Å². The maximum Gasteiger partial charge on any atom is 0.251 e. The summed E-state index contributed by atoms with van der Waals surface area (Å²) in [5, 5.41) is 9.24.